The zero-order valence-corrected chi connectivity index (χ0v) is 11.5. The zero-order valence-electron chi connectivity index (χ0n) is 9.90. The highest BCUT2D eigenvalue weighted by Gasteiger charge is 2.20. The molecule has 3 N–H and O–H groups in total. The summed E-state index contributed by atoms with van der Waals surface area (Å²) in [5, 5.41) is 0.332. The minimum Gasteiger partial charge on any atom is -0.397 e. The van der Waals surface area contributed by atoms with Crippen molar-refractivity contribution in [2.24, 2.45) is 0 Å². The van der Waals surface area contributed by atoms with Crippen LogP contribution < -0.4 is 10.5 Å². The largest absolute Gasteiger partial charge is 0.397 e. The van der Waals surface area contributed by atoms with Gasteiger partial charge in [0, 0.05) is 11.1 Å². The molecule has 0 aliphatic heterocycles. The number of nitrogens with two attached hydrogens (primary N) is 1. The lowest BCUT2D eigenvalue weighted by atomic mass is 10.3. The normalized spacial score (nSPS) is 11.3. The van der Waals surface area contributed by atoms with E-state index in [4.69, 9.17) is 17.3 Å². The summed E-state index contributed by atoms with van der Waals surface area (Å²) in [5.41, 5.74) is 5.74. The van der Waals surface area contributed by atoms with Crippen molar-refractivity contribution in [2.45, 2.75) is 4.90 Å². The van der Waals surface area contributed by atoms with Gasteiger partial charge >= 0.3 is 0 Å². The minimum atomic E-state index is -4.21. The summed E-state index contributed by atoms with van der Waals surface area (Å²) < 4.78 is 52.4. The molecule has 0 aliphatic rings. The number of hydrogen-bond donors (Lipinski definition) is 2. The maximum absolute atomic E-state index is 13.5. The first-order valence-corrected chi connectivity index (χ1v) is 7.18. The molecule has 0 saturated carbocycles. The molecule has 0 bridgehead atoms. The Labute approximate surface area is 119 Å². The predicted octanol–water partition coefficient (Wildman–Crippen LogP) is 3.00. The van der Waals surface area contributed by atoms with Gasteiger partial charge in [0.1, 0.15) is 16.5 Å². The van der Waals surface area contributed by atoms with Gasteiger partial charge in [-0.1, -0.05) is 11.6 Å². The molecule has 2 rings (SSSR count). The molecule has 0 spiro atoms. The van der Waals surface area contributed by atoms with Crippen molar-refractivity contribution in [1.29, 1.82) is 0 Å². The molecule has 106 valence electrons. The van der Waals surface area contributed by atoms with Crippen molar-refractivity contribution in [3.05, 3.63) is 53.1 Å². The molecule has 0 heterocycles. The summed E-state index contributed by atoms with van der Waals surface area (Å²) in [4.78, 5) is -0.673. The number of anilines is 2. The van der Waals surface area contributed by atoms with Gasteiger partial charge in [-0.05, 0) is 30.3 Å². The van der Waals surface area contributed by atoms with E-state index in [1.807, 2.05) is 0 Å². The molecule has 0 amide bonds. The van der Waals surface area contributed by atoms with Gasteiger partial charge in [0.15, 0.2) is 0 Å². The number of rotatable bonds is 3. The third-order valence-corrected chi connectivity index (χ3v) is 4.08. The molecule has 0 atom stereocenters. The molecule has 0 saturated heterocycles. The van der Waals surface area contributed by atoms with Crippen LogP contribution in [0.25, 0.3) is 0 Å². The fraction of sp³-hybridized carbons (Fsp3) is 0. The van der Waals surface area contributed by atoms with Crippen LogP contribution in [-0.2, 0) is 10.0 Å². The monoisotopic (exact) mass is 318 g/mol. The van der Waals surface area contributed by atoms with Crippen LogP contribution in [0.15, 0.2) is 41.3 Å². The first-order chi connectivity index (χ1) is 9.29. The lowest BCUT2D eigenvalue weighted by Crippen LogP contribution is -2.15. The number of nitrogen functional groups attached to an aromatic ring is 1. The molecule has 4 nitrogen and oxygen atoms in total. The van der Waals surface area contributed by atoms with E-state index in [1.165, 1.54) is 18.2 Å². The first kappa shape index (κ1) is 14.5. The number of nitrogens with one attached hydrogen (secondary N) is 1. The Kier molecular flexibility index (Phi) is 3.82. The second-order valence-electron chi connectivity index (χ2n) is 3.91. The predicted molar refractivity (Wildman–Crippen MR) is 73.0 cm³/mol. The van der Waals surface area contributed by atoms with E-state index in [9.17, 15) is 17.2 Å². The second kappa shape index (κ2) is 5.26. The Balaban J connectivity index is 2.41. The molecular formula is C12H9ClF2N2O2S. The summed E-state index contributed by atoms with van der Waals surface area (Å²) in [6.45, 7) is 0. The molecule has 20 heavy (non-hydrogen) atoms. The Hall–Kier alpha value is -1.86. The van der Waals surface area contributed by atoms with Crippen LogP contribution in [0.5, 0.6) is 0 Å². The van der Waals surface area contributed by atoms with E-state index >= 15 is 0 Å². The van der Waals surface area contributed by atoms with Gasteiger partial charge in [0.25, 0.3) is 10.0 Å². The maximum Gasteiger partial charge on any atom is 0.264 e. The Morgan fingerprint density at radius 3 is 2.40 bits per heavy atom. The van der Waals surface area contributed by atoms with Gasteiger partial charge < -0.3 is 5.73 Å². The van der Waals surface area contributed by atoms with E-state index in [2.05, 4.69) is 4.72 Å². The van der Waals surface area contributed by atoms with Crippen molar-refractivity contribution in [2.75, 3.05) is 10.5 Å². The van der Waals surface area contributed by atoms with Crippen LogP contribution in [0.1, 0.15) is 0 Å². The smallest absolute Gasteiger partial charge is 0.264 e. The number of hydrogen-bond acceptors (Lipinski definition) is 3. The Morgan fingerprint density at radius 2 is 1.80 bits per heavy atom. The average Bonchev–Trinajstić information content (AvgIpc) is 2.32. The van der Waals surface area contributed by atoms with E-state index in [1.54, 1.807) is 0 Å². The highest BCUT2D eigenvalue weighted by Crippen LogP contribution is 2.26. The van der Waals surface area contributed by atoms with Gasteiger partial charge in [-0.25, -0.2) is 17.2 Å². The van der Waals surface area contributed by atoms with Crippen molar-refractivity contribution < 1.29 is 17.2 Å². The average molecular weight is 319 g/mol. The van der Waals surface area contributed by atoms with Crippen LogP contribution >= 0.6 is 11.6 Å². The molecule has 0 radical (unpaired) electrons. The summed E-state index contributed by atoms with van der Waals surface area (Å²) in [6.07, 6.45) is 0. The third kappa shape index (κ3) is 3.00. The molecule has 2 aromatic carbocycles. The van der Waals surface area contributed by atoms with E-state index in [-0.39, 0.29) is 11.4 Å². The van der Waals surface area contributed by atoms with Crippen LogP contribution in [0, 0.1) is 11.6 Å². The van der Waals surface area contributed by atoms with E-state index in [0.29, 0.717) is 11.1 Å². The lowest BCUT2D eigenvalue weighted by Gasteiger charge is -2.11. The topological polar surface area (TPSA) is 72.2 Å². The fourth-order valence-electron chi connectivity index (χ4n) is 1.52. The van der Waals surface area contributed by atoms with Crippen LogP contribution in [-0.4, -0.2) is 8.42 Å². The molecule has 0 fully saturated rings. The second-order valence-corrected chi connectivity index (χ2v) is 6.00. The lowest BCUT2D eigenvalue weighted by molar-refractivity contribution is 0.551. The molecule has 2 aromatic rings. The number of sulfonamides is 1. The number of halogens is 3. The summed E-state index contributed by atoms with van der Waals surface area (Å²) in [5.74, 6) is -2.06. The van der Waals surface area contributed by atoms with Crippen molar-refractivity contribution in [1.82, 2.24) is 0 Å². The highest BCUT2D eigenvalue weighted by molar-refractivity contribution is 7.92. The minimum absolute atomic E-state index is 0.0538. The standard InChI is InChI=1S/C12H9ClF2N2O2S/c13-7-1-3-11(10(16)5-7)17-20(18,19)12-4-2-8(14)6-9(12)15/h1-6,17H,16H2. The van der Waals surface area contributed by atoms with Crippen molar-refractivity contribution in [3.63, 3.8) is 0 Å². The van der Waals surface area contributed by atoms with Gasteiger partial charge in [0.05, 0.1) is 11.4 Å². The van der Waals surface area contributed by atoms with E-state index in [0.717, 1.165) is 12.1 Å². The zero-order chi connectivity index (χ0) is 14.9. The SMILES string of the molecule is Nc1cc(Cl)ccc1NS(=O)(=O)c1ccc(F)cc1F. The van der Waals surface area contributed by atoms with Gasteiger partial charge in [-0.2, -0.15) is 0 Å². The highest BCUT2D eigenvalue weighted by atomic mass is 35.5. The fourth-order valence-corrected chi connectivity index (χ4v) is 2.85. The number of benzene rings is 2. The summed E-state index contributed by atoms with van der Waals surface area (Å²) in [6, 6.07) is 6.29. The maximum atomic E-state index is 13.5. The molecule has 0 aliphatic carbocycles. The van der Waals surface area contributed by atoms with Crippen molar-refractivity contribution >= 4 is 33.0 Å². The van der Waals surface area contributed by atoms with E-state index < -0.39 is 26.6 Å². The van der Waals surface area contributed by atoms with Gasteiger partial charge in [-0.3, -0.25) is 4.72 Å². The first-order valence-electron chi connectivity index (χ1n) is 5.32. The quantitative estimate of drug-likeness (QED) is 0.854. The van der Waals surface area contributed by atoms with Crippen molar-refractivity contribution in [3.8, 4) is 0 Å². The van der Waals surface area contributed by atoms with Gasteiger partial charge in [-0.15, -0.1) is 0 Å². The summed E-state index contributed by atoms with van der Waals surface area (Å²) in [7, 11) is -4.21. The Morgan fingerprint density at radius 1 is 1.10 bits per heavy atom. The van der Waals surface area contributed by atoms with Gasteiger partial charge in [0.2, 0.25) is 0 Å². The third-order valence-electron chi connectivity index (χ3n) is 2.44. The van der Waals surface area contributed by atoms with Crippen LogP contribution in [0.2, 0.25) is 5.02 Å². The molecular weight excluding hydrogens is 310 g/mol. The molecule has 0 unspecified atom stereocenters. The summed E-state index contributed by atoms with van der Waals surface area (Å²) >= 11 is 5.69. The van der Waals surface area contributed by atoms with Crippen LogP contribution in [0.3, 0.4) is 0 Å². The molecule has 8 heteroatoms. The molecule has 0 aromatic heterocycles. The Bertz CT molecular complexity index is 766. The van der Waals surface area contributed by atoms with Crippen LogP contribution in [0.4, 0.5) is 20.2 Å².